The van der Waals surface area contributed by atoms with E-state index in [2.05, 4.69) is 12.0 Å². The predicted molar refractivity (Wildman–Crippen MR) is 58.6 cm³/mol. The topological polar surface area (TPSA) is 47.6 Å². The summed E-state index contributed by atoms with van der Waals surface area (Å²) in [4.78, 5) is 0. The third kappa shape index (κ3) is 3.97. The molecule has 2 N–H and O–H groups in total. The number of rotatable bonds is 5. The monoisotopic (exact) mass is 210 g/mol. The number of benzene rings is 1. The van der Waals surface area contributed by atoms with Gasteiger partial charge < -0.3 is 10.6 Å². The third-order valence-electron chi connectivity index (χ3n) is 1.88. The highest BCUT2D eigenvalue weighted by Crippen LogP contribution is 2.15. The molecular weight excluding hydrogens is 195 g/mol. The van der Waals surface area contributed by atoms with Crippen molar-refractivity contribution in [1.82, 2.24) is 0 Å². The molecule has 0 bridgehead atoms. The molecule has 0 spiro atoms. The number of unbranched alkanes of at least 4 members (excludes halogenated alkanes) is 1. The van der Waals surface area contributed by atoms with Crippen LogP contribution in [0.5, 0.6) is 5.75 Å². The van der Waals surface area contributed by atoms with Crippen molar-refractivity contribution in [2.75, 3.05) is 6.61 Å². The molecule has 82 valence electrons. The first-order chi connectivity index (χ1) is 7.26. The van der Waals surface area contributed by atoms with E-state index in [1.165, 1.54) is 18.3 Å². The van der Waals surface area contributed by atoms with Crippen molar-refractivity contribution in [1.29, 1.82) is 0 Å². The molecule has 0 aromatic heterocycles. The van der Waals surface area contributed by atoms with E-state index in [0.29, 0.717) is 17.9 Å². The molecule has 0 saturated carbocycles. The molecule has 1 aromatic carbocycles. The van der Waals surface area contributed by atoms with Gasteiger partial charge >= 0.3 is 0 Å². The van der Waals surface area contributed by atoms with Gasteiger partial charge in [0.2, 0.25) is 0 Å². The number of nitrogens with zero attached hydrogens (tertiary/aromatic N) is 1. The van der Waals surface area contributed by atoms with Gasteiger partial charge in [-0.25, -0.2) is 4.39 Å². The van der Waals surface area contributed by atoms with Gasteiger partial charge in [0.05, 0.1) is 12.8 Å². The molecule has 0 fully saturated rings. The van der Waals surface area contributed by atoms with Gasteiger partial charge in [0.25, 0.3) is 0 Å². The van der Waals surface area contributed by atoms with E-state index < -0.39 is 0 Å². The van der Waals surface area contributed by atoms with Crippen molar-refractivity contribution in [3.05, 3.63) is 29.6 Å². The van der Waals surface area contributed by atoms with Crippen molar-refractivity contribution >= 4 is 6.21 Å². The first-order valence-corrected chi connectivity index (χ1v) is 4.93. The first-order valence-electron chi connectivity index (χ1n) is 4.93. The van der Waals surface area contributed by atoms with Crippen molar-refractivity contribution in [2.45, 2.75) is 19.8 Å². The lowest BCUT2D eigenvalue weighted by atomic mass is 10.2. The molecular formula is C11H15FN2O. The zero-order valence-electron chi connectivity index (χ0n) is 8.74. The van der Waals surface area contributed by atoms with Crippen LogP contribution in [0.25, 0.3) is 0 Å². The Morgan fingerprint density at radius 2 is 2.27 bits per heavy atom. The second-order valence-electron chi connectivity index (χ2n) is 3.20. The molecule has 0 aliphatic carbocycles. The highest BCUT2D eigenvalue weighted by atomic mass is 19.1. The minimum atomic E-state index is -0.348. The van der Waals surface area contributed by atoms with Gasteiger partial charge in [-0.2, -0.15) is 5.10 Å². The molecule has 0 amide bonds. The molecule has 0 radical (unpaired) electrons. The summed E-state index contributed by atoms with van der Waals surface area (Å²) >= 11 is 0. The fourth-order valence-electron chi connectivity index (χ4n) is 1.16. The minimum absolute atomic E-state index is 0.348. The summed E-state index contributed by atoms with van der Waals surface area (Å²) in [6, 6.07) is 4.40. The van der Waals surface area contributed by atoms with E-state index in [1.54, 1.807) is 6.07 Å². The maximum absolute atomic E-state index is 13.1. The van der Waals surface area contributed by atoms with Crippen LogP contribution in [-0.2, 0) is 0 Å². The Morgan fingerprint density at radius 1 is 1.47 bits per heavy atom. The Bertz CT molecular complexity index is 339. The van der Waals surface area contributed by atoms with Gasteiger partial charge in [-0.3, -0.25) is 0 Å². The maximum Gasteiger partial charge on any atom is 0.127 e. The van der Waals surface area contributed by atoms with Crippen LogP contribution < -0.4 is 10.6 Å². The molecule has 15 heavy (non-hydrogen) atoms. The van der Waals surface area contributed by atoms with Crippen molar-refractivity contribution in [2.24, 2.45) is 10.9 Å². The van der Waals surface area contributed by atoms with E-state index in [9.17, 15) is 4.39 Å². The fraction of sp³-hybridized carbons (Fsp3) is 0.364. The molecule has 3 nitrogen and oxygen atoms in total. The Labute approximate surface area is 88.7 Å². The van der Waals surface area contributed by atoms with Gasteiger partial charge in [0.1, 0.15) is 11.6 Å². The quantitative estimate of drug-likeness (QED) is 0.351. The van der Waals surface area contributed by atoms with Crippen molar-refractivity contribution < 1.29 is 9.13 Å². The van der Waals surface area contributed by atoms with Gasteiger partial charge in [-0.1, -0.05) is 13.3 Å². The Kier molecular flexibility index (Phi) is 4.60. The molecule has 1 rings (SSSR count). The van der Waals surface area contributed by atoms with Gasteiger partial charge in [-0.05, 0) is 18.6 Å². The Hall–Kier alpha value is -1.58. The summed E-state index contributed by atoms with van der Waals surface area (Å²) in [7, 11) is 0. The van der Waals surface area contributed by atoms with Crippen molar-refractivity contribution in [3.63, 3.8) is 0 Å². The number of hydrazone groups is 1. The average Bonchev–Trinajstić information content (AvgIpc) is 2.18. The summed E-state index contributed by atoms with van der Waals surface area (Å²) in [5.74, 6) is 5.15. The zero-order valence-corrected chi connectivity index (χ0v) is 8.74. The average molecular weight is 210 g/mol. The molecule has 4 heteroatoms. The maximum atomic E-state index is 13.1. The van der Waals surface area contributed by atoms with Gasteiger partial charge in [-0.15, -0.1) is 0 Å². The Morgan fingerprint density at radius 3 is 2.93 bits per heavy atom. The molecule has 0 heterocycles. The second kappa shape index (κ2) is 6.01. The molecule has 0 atom stereocenters. The predicted octanol–water partition coefficient (Wildman–Crippen LogP) is 2.30. The highest BCUT2D eigenvalue weighted by molar-refractivity contribution is 5.79. The van der Waals surface area contributed by atoms with Gasteiger partial charge in [0, 0.05) is 11.6 Å². The lowest BCUT2D eigenvalue weighted by Gasteiger charge is -2.06. The number of hydrogen-bond donors (Lipinski definition) is 1. The SMILES string of the molecule is CCCCOc1cc(F)cc(C=NN)c1. The third-order valence-corrected chi connectivity index (χ3v) is 1.88. The Balaban J connectivity index is 2.70. The molecule has 0 saturated heterocycles. The van der Waals surface area contributed by atoms with Crippen LogP contribution in [0.1, 0.15) is 25.3 Å². The molecule has 0 aliphatic rings. The zero-order chi connectivity index (χ0) is 11.1. The smallest absolute Gasteiger partial charge is 0.127 e. The van der Waals surface area contributed by atoms with E-state index in [-0.39, 0.29) is 5.82 Å². The molecule has 1 aromatic rings. The number of nitrogens with two attached hydrogens (primary N) is 1. The standard InChI is InChI=1S/C11H15FN2O/c1-2-3-4-15-11-6-9(8-14-13)5-10(12)7-11/h5-8H,2-4,13H2,1H3. The van der Waals surface area contributed by atoms with Crippen LogP contribution in [0, 0.1) is 5.82 Å². The second-order valence-corrected chi connectivity index (χ2v) is 3.20. The van der Waals surface area contributed by atoms with Gasteiger partial charge in [0.15, 0.2) is 0 Å². The van der Waals surface area contributed by atoms with Crippen LogP contribution in [0.2, 0.25) is 0 Å². The lowest BCUT2D eigenvalue weighted by molar-refractivity contribution is 0.308. The van der Waals surface area contributed by atoms with E-state index >= 15 is 0 Å². The van der Waals surface area contributed by atoms with E-state index in [4.69, 9.17) is 10.6 Å². The van der Waals surface area contributed by atoms with E-state index in [0.717, 1.165) is 12.8 Å². The summed E-state index contributed by atoms with van der Waals surface area (Å²) in [6.45, 7) is 2.67. The summed E-state index contributed by atoms with van der Waals surface area (Å²) in [5, 5.41) is 3.34. The van der Waals surface area contributed by atoms with Crippen LogP contribution in [-0.4, -0.2) is 12.8 Å². The van der Waals surface area contributed by atoms with Crippen LogP contribution in [0.4, 0.5) is 4.39 Å². The van der Waals surface area contributed by atoms with Crippen molar-refractivity contribution in [3.8, 4) is 5.75 Å². The number of hydrogen-bond acceptors (Lipinski definition) is 3. The summed E-state index contributed by atoms with van der Waals surface area (Å²) in [6.07, 6.45) is 3.39. The first kappa shape index (κ1) is 11.5. The lowest BCUT2D eigenvalue weighted by Crippen LogP contribution is -1.98. The van der Waals surface area contributed by atoms with Crippen LogP contribution >= 0.6 is 0 Å². The van der Waals surface area contributed by atoms with E-state index in [1.807, 2.05) is 0 Å². The largest absolute Gasteiger partial charge is 0.493 e. The summed E-state index contributed by atoms with van der Waals surface area (Å²) < 4.78 is 18.4. The molecule has 0 unspecified atom stereocenters. The minimum Gasteiger partial charge on any atom is -0.493 e. The summed E-state index contributed by atoms with van der Waals surface area (Å²) in [5.41, 5.74) is 0.601. The normalized spacial score (nSPS) is 10.8. The highest BCUT2D eigenvalue weighted by Gasteiger charge is 2.00. The number of ether oxygens (including phenoxy) is 1. The molecule has 0 aliphatic heterocycles. The fourth-order valence-corrected chi connectivity index (χ4v) is 1.16. The van der Waals surface area contributed by atoms with Crippen LogP contribution in [0.15, 0.2) is 23.3 Å². The number of halogens is 1. The van der Waals surface area contributed by atoms with Crippen LogP contribution in [0.3, 0.4) is 0 Å².